The molecule has 24 heavy (non-hydrogen) atoms. The maximum atomic E-state index is 12.2. The fraction of sp³-hybridized carbons (Fsp3) is 0.294. The van der Waals surface area contributed by atoms with Crippen molar-refractivity contribution in [3.05, 3.63) is 63.6 Å². The zero-order chi connectivity index (χ0) is 17.3. The van der Waals surface area contributed by atoms with Crippen LogP contribution in [0.5, 0.6) is 0 Å². The van der Waals surface area contributed by atoms with E-state index in [9.17, 15) is 14.9 Å². The molecule has 0 aliphatic heterocycles. The SMILES string of the molecule is CC1(C)CC(=NNC(=O)c2ccc([N+](=O)[O-])cc2)c2ccoc2C1. The summed E-state index contributed by atoms with van der Waals surface area (Å²) in [5.74, 6) is 0.459. The van der Waals surface area contributed by atoms with Gasteiger partial charge in [0.05, 0.1) is 16.9 Å². The topological polar surface area (TPSA) is 97.7 Å². The van der Waals surface area contributed by atoms with Crippen LogP contribution in [0.1, 0.15) is 41.9 Å². The van der Waals surface area contributed by atoms with Crippen molar-refractivity contribution in [2.75, 3.05) is 0 Å². The zero-order valence-corrected chi connectivity index (χ0v) is 13.4. The van der Waals surface area contributed by atoms with Crippen LogP contribution >= 0.6 is 0 Å². The molecule has 0 radical (unpaired) electrons. The van der Waals surface area contributed by atoms with Crippen molar-refractivity contribution < 1.29 is 14.1 Å². The van der Waals surface area contributed by atoms with Crippen LogP contribution in [0.15, 0.2) is 46.1 Å². The highest BCUT2D eigenvalue weighted by Crippen LogP contribution is 2.35. The van der Waals surface area contributed by atoms with Crippen molar-refractivity contribution in [1.82, 2.24) is 5.43 Å². The molecule has 7 heteroatoms. The Bertz CT molecular complexity index is 819. The molecule has 1 aliphatic rings. The summed E-state index contributed by atoms with van der Waals surface area (Å²) in [5, 5.41) is 14.9. The molecule has 0 bridgehead atoms. The number of hydrogen-bond donors (Lipinski definition) is 1. The van der Waals surface area contributed by atoms with Crippen LogP contribution in [0.4, 0.5) is 5.69 Å². The molecular weight excluding hydrogens is 310 g/mol. The molecule has 3 rings (SSSR count). The third-order valence-electron chi connectivity index (χ3n) is 3.97. The van der Waals surface area contributed by atoms with E-state index in [0.29, 0.717) is 5.56 Å². The Morgan fingerprint density at radius 3 is 2.62 bits per heavy atom. The average Bonchev–Trinajstić information content (AvgIpc) is 2.99. The van der Waals surface area contributed by atoms with Gasteiger partial charge in [-0.05, 0) is 30.0 Å². The second-order valence-electron chi connectivity index (χ2n) is 6.58. The average molecular weight is 327 g/mol. The number of nitro benzene ring substituents is 1. The second kappa shape index (κ2) is 5.92. The van der Waals surface area contributed by atoms with Crippen molar-refractivity contribution >= 4 is 17.3 Å². The number of furan rings is 1. The first-order valence-corrected chi connectivity index (χ1v) is 7.54. The maximum Gasteiger partial charge on any atom is 0.271 e. The summed E-state index contributed by atoms with van der Waals surface area (Å²) in [7, 11) is 0. The summed E-state index contributed by atoms with van der Waals surface area (Å²) in [4.78, 5) is 22.3. The number of carbonyl (C=O) groups excluding carboxylic acids is 1. The van der Waals surface area contributed by atoms with E-state index < -0.39 is 10.8 Å². The van der Waals surface area contributed by atoms with Gasteiger partial charge in [0.2, 0.25) is 0 Å². The van der Waals surface area contributed by atoms with Crippen LogP contribution in [0, 0.1) is 15.5 Å². The van der Waals surface area contributed by atoms with E-state index >= 15 is 0 Å². The van der Waals surface area contributed by atoms with E-state index in [1.54, 1.807) is 6.26 Å². The van der Waals surface area contributed by atoms with E-state index in [1.165, 1.54) is 24.3 Å². The summed E-state index contributed by atoms with van der Waals surface area (Å²) in [6.45, 7) is 4.23. The number of non-ortho nitro benzene ring substituents is 1. The van der Waals surface area contributed by atoms with Crippen molar-refractivity contribution in [1.29, 1.82) is 0 Å². The third-order valence-corrected chi connectivity index (χ3v) is 3.97. The van der Waals surface area contributed by atoms with Crippen molar-refractivity contribution in [2.45, 2.75) is 26.7 Å². The van der Waals surface area contributed by atoms with E-state index in [-0.39, 0.29) is 11.1 Å². The molecule has 1 N–H and O–H groups in total. The summed E-state index contributed by atoms with van der Waals surface area (Å²) < 4.78 is 5.49. The fourth-order valence-electron chi connectivity index (χ4n) is 2.80. The van der Waals surface area contributed by atoms with Gasteiger partial charge in [-0.25, -0.2) is 5.43 Å². The first-order chi connectivity index (χ1) is 11.4. The molecule has 1 aromatic carbocycles. The van der Waals surface area contributed by atoms with Gasteiger partial charge in [-0.3, -0.25) is 14.9 Å². The fourth-order valence-corrected chi connectivity index (χ4v) is 2.80. The molecule has 0 spiro atoms. The van der Waals surface area contributed by atoms with Gasteiger partial charge in [0.25, 0.3) is 11.6 Å². The normalized spacial score (nSPS) is 17.3. The number of rotatable bonds is 3. The van der Waals surface area contributed by atoms with Gasteiger partial charge in [0.1, 0.15) is 5.76 Å². The largest absolute Gasteiger partial charge is 0.469 e. The van der Waals surface area contributed by atoms with Crippen LogP contribution in [-0.2, 0) is 6.42 Å². The zero-order valence-electron chi connectivity index (χ0n) is 13.4. The first-order valence-electron chi connectivity index (χ1n) is 7.54. The van der Waals surface area contributed by atoms with Gasteiger partial charge in [0, 0.05) is 29.7 Å². The molecular formula is C17H17N3O4. The van der Waals surface area contributed by atoms with Crippen LogP contribution in [0.25, 0.3) is 0 Å². The lowest BCUT2D eigenvalue weighted by atomic mass is 9.76. The Kier molecular flexibility index (Phi) is 3.92. The molecule has 1 amide bonds. The highest BCUT2D eigenvalue weighted by molar-refractivity contribution is 6.04. The first kappa shape index (κ1) is 15.9. The molecule has 1 heterocycles. The number of benzene rings is 1. The molecule has 0 fully saturated rings. The monoisotopic (exact) mass is 327 g/mol. The lowest BCUT2D eigenvalue weighted by Gasteiger charge is -2.29. The highest BCUT2D eigenvalue weighted by Gasteiger charge is 2.31. The Morgan fingerprint density at radius 1 is 1.25 bits per heavy atom. The maximum absolute atomic E-state index is 12.2. The van der Waals surface area contributed by atoms with Gasteiger partial charge in [0.15, 0.2) is 0 Å². The van der Waals surface area contributed by atoms with E-state index in [2.05, 4.69) is 24.4 Å². The minimum Gasteiger partial charge on any atom is -0.469 e. The van der Waals surface area contributed by atoms with Gasteiger partial charge in [-0.15, -0.1) is 0 Å². The van der Waals surface area contributed by atoms with Crippen molar-refractivity contribution in [2.24, 2.45) is 10.5 Å². The van der Waals surface area contributed by atoms with Gasteiger partial charge >= 0.3 is 0 Å². The minimum atomic E-state index is -0.507. The molecule has 1 aliphatic carbocycles. The predicted octanol–water partition coefficient (Wildman–Crippen LogP) is 3.29. The van der Waals surface area contributed by atoms with E-state index in [0.717, 1.165) is 29.9 Å². The van der Waals surface area contributed by atoms with Crippen molar-refractivity contribution in [3.63, 3.8) is 0 Å². The molecule has 1 aromatic heterocycles. The number of fused-ring (bicyclic) bond motifs is 1. The van der Waals surface area contributed by atoms with Crippen LogP contribution in [0.2, 0.25) is 0 Å². The number of carbonyl (C=O) groups is 1. The van der Waals surface area contributed by atoms with Crippen molar-refractivity contribution in [3.8, 4) is 0 Å². The summed E-state index contributed by atoms with van der Waals surface area (Å²) in [6.07, 6.45) is 3.17. The summed E-state index contributed by atoms with van der Waals surface area (Å²) in [5.41, 5.74) is 4.46. The number of amides is 1. The Labute approximate surface area is 138 Å². The molecule has 7 nitrogen and oxygen atoms in total. The summed E-state index contributed by atoms with van der Waals surface area (Å²) in [6, 6.07) is 7.24. The predicted molar refractivity (Wildman–Crippen MR) is 87.9 cm³/mol. The van der Waals surface area contributed by atoms with E-state index in [4.69, 9.17) is 4.42 Å². The standard InChI is InChI=1S/C17H17N3O4/c1-17(2)9-14(13-7-8-24-15(13)10-17)18-19-16(21)11-3-5-12(6-4-11)20(22)23/h3-8H,9-10H2,1-2H3,(H,19,21). The molecule has 0 unspecified atom stereocenters. The number of nitrogens with one attached hydrogen (secondary N) is 1. The molecule has 124 valence electrons. The lowest BCUT2D eigenvalue weighted by molar-refractivity contribution is -0.384. The van der Waals surface area contributed by atoms with Gasteiger partial charge in [-0.2, -0.15) is 5.10 Å². The number of nitro groups is 1. The van der Waals surface area contributed by atoms with Crippen LogP contribution < -0.4 is 5.43 Å². The summed E-state index contributed by atoms with van der Waals surface area (Å²) >= 11 is 0. The Hall–Kier alpha value is -2.96. The smallest absolute Gasteiger partial charge is 0.271 e. The lowest BCUT2D eigenvalue weighted by Crippen LogP contribution is -2.29. The van der Waals surface area contributed by atoms with Gasteiger partial charge < -0.3 is 4.42 Å². The Balaban J connectivity index is 1.78. The molecule has 0 saturated heterocycles. The molecule has 0 atom stereocenters. The molecule has 2 aromatic rings. The third kappa shape index (κ3) is 3.19. The second-order valence-corrected chi connectivity index (χ2v) is 6.58. The number of hydrogen-bond acceptors (Lipinski definition) is 5. The number of nitrogens with zero attached hydrogens (tertiary/aromatic N) is 2. The highest BCUT2D eigenvalue weighted by atomic mass is 16.6. The minimum absolute atomic E-state index is 0.00176. The van der Waals surface area contributed by atoms with E-state index in [1.807, 2.05) is 6.07 Å². The van der Waals surface area contributed by atoms with Gasteiger partial charge in [-0.1, -0.05) is 13.8 Å². The molecule has 0 saturated carbocycles. The number of hydrazone groups is 1. The Morgan fingerprint density at radius 2 is 1.96 bits per heavy atom. The van der Waals surface area contributed by atoms with Crippen LogP contribution in [0.3, 0.4) is 0 Å². The quantitative estimate of drug-likeness (QED) is 0.691. The van der Waals surface area contributed by atoms with Crippen LogP contribution in [-0.4, -0.2) is 16.5 Å².